The molecule has 0 bridgehead atoms. The monoisotopic (exact) mass is 448 g/mol. The molecule has 4 rings (SSSR count). The van der Waals surface area contributed by atoms with Gasteiger partial charge in [0.25, 0.3) is 5.91 Å². The number of nitrogens with one attached hydrogen (secondary N) is 1. The third-order valence-corrected chi connectivity index (χ3v) is 6.34. The van der Waals surface area contributed by atoms with Crippen LogP contribution < -0.4 is 5.32 Å². The summed E-state index contributed by atoms with van der Waals surface area (Å²) < 4.78 is 13.7. The van der Waals surface area contributed by atoms with Crippen LogP contribution in [0.15, 0.2) is 42.5 Å². The molecular weight excluding hydrogens is 419 g/mol. The average Bonchev–Trinajstić information content (AvgIpc) is 2.82. The second-order valence-corrected chi connectivity index (χ2v) is 8.76. The van der Waals surface area contributed by atoms with Gasteiger partial charge in [-0.05, 0) is 63.3 Å². The molecule has 2 amide bonds. The van der Waals surface area contributed by atoms with Crippen LogP contribution in [0.3, 0.4) is 0 Å². The second kappa shape index (κ2) is 10.1. The van der Waals surface area contributed by atoms with Crippen molar-refractivity contribution in [2.75, 3.05) is 13.1 Å². The van der Waals surface area contributed by atoms with Gasteiger partial charge in [-0.1, -0.05) is 18.2 Å². The van der Waals surface area contributed by atoms with Crippen LogP contribution in [0.1, 0.15) is 53.0 Å². The normalized spacial score (nSPS) is 16.1. The van der Waals surface area contributed by atoms with E-state index in [0.29, 0.717) is 37.1 Å². The van der Waals surface area contributed by atoms with E-state index in [9.17, 15) is 14.0 Å². The van der Waals surface area contributed by atoms with Gasteiger partial charge < -0.3 is 10.2 Å². The van der Waals surface area contributed by atoms with Crippen LogP contribution >= 0.6 is 0 Å². The first-order valence-corrected chi connectivity index (χ1v) is 11.4. The number of halogens is 1. The molecule has 1 aliphatic rings. The van der Waals surface area contributed by atoms with Crippen LogP contribution in [-0.4, -0.2) is 39.8 Å². The SMILES string of the molecule is Cc1nc2ccc(C(=O)N3CCC[C@H](CCC(=O)NCc4ccccc4F)C3)cc2nc1C. The van der Waals surface area contributed by atoms with E-state index in [1.807, 2.05) is 36.9 Å². The van der Waals surface area contributed by atoms with E-state index in [-0.39, 0.29) is 30.1 Å². The number of fused-ring (bicyclic) bond motifs is 1. The summed E-state index contributed by atoms with van der Waals surface area (Å²) in [6.07, 6.45) is 2.98. The first-order valence-electron chi connectivity index (χ1n) is 11.4. The molecule has 7 heteroatoms. The van der Waals surface area contributed by atoms with E-state index in [1.165, 1.54) is 6.07 Å². The lowest BCUT2D eigenvalue weighted by Crippen LogP contribution is -2.40. The molecule has 0 saturated carbocycles. The van der Waals surface area contributed by atoms with Crippen molar-refractivity contribution in [3.8, 4) is 0 Å². The molecular formula is C26H29FN4O2. The standard InChI is InChI=1S/C26H29FN4O2/c1-17-18(2)30-24-14-20(10-11-23(24)29-17)26(33)31-13-5-6-19(16-31)9-12-25(32)28-15-21-7-3-4-8-22(21)27/h3-4,7-8,10-11,14,19H,5-6,9,12-13,15-16H2,1-2H3,(H,28,32)/t19-/m1/s1. The highest BCUT2D eigenvalue weighted by Crippen LogP contribution is 2.23. The number of likely N-dealkylation sites (tertiary alicyclic amines) is 1. The number of amides is 2. The molecule has 33 heavy (non-hydrogen) atoms. The molecule has 1 aromatic heterocycles. The molecule has 1 N–H and O–H groups in total. The maximum atomic E-state index is 13.7. The Labute approximate surface area is 193 Å². The number of piperidine rings is 1. The fraction of sp³-hybridized carbons (Fsp3) is 0.385. The molecule has 0 spiro atoms. The van der Waals surface area contributed by atoms with E-state index in [1.54, 1.807) is 18.2 Å². The minimum absolute atomic E-state index is 0.00867. The van der Waals surface area contributed by atoms with Gasteiger partial charge in [0.15, 0.2) is 0 Å². The summed E-state index contributed by atoms with van der Waals surface area (Å²) in [7, 11) is 0. The fourth-order valence-corrected chi connectivity index (χ4v) is 4.29. The predicted octanol–water partition coefficient (Wildman–Crippen LogP) is 4.33. The first-order chi connectivity index (χ1) is 15.9. The van der Waals surface area contributed by atoms with Crippen LogP contribution in [0.4, 0.5) is 4.39 Å². The van der Waals surface area contributed by atoms with Gasteiger partial charge in [0.05, 0.1) is 22.4 Å². The molecule has 1 atom stereocenters. The Hall–Kier alpha value is -3.35. The molecule has 1 fully saturated rings. The highest BCUT2D eigenvalue weighted by Gasteiger charge is 2.25. The quantitative estimate of drug-likeness (QED) is 0.609. The van der Waals surface area contributed by atoms with Gasteiger partial charge in [-0.25, -0.2) is 14.4 Å². The van der Waals surface area contributed by atoms with E-state index >= 15 is 0 Å². The minimum atomic E-state index is -0.316. The van der Waals surface area contributed by atoms with E-state index in [4.69, 9.17) is 0 Å². The van der Waals surface area contributed by atoms with Gasteiger partial charge >= 0.3 is 0 Å². The van der Waals surface area contributed by atoms with Crippen LogP contribution in [0.2, 0.25) is 0 Å². The molecule has 0 unspecified atom stereocenters. The summed E-state index contributed by atoms with van der Waals surface area (Å²) in [6, 6.07) is 11.9. The summed E-state index contributed by atoms with van der Waals surface area (Å²) in [5.41, 5.74) is 4.35. The number of benzene rings is 2. The van der Waals surface area contributed by atoms with Gasteiger partial charge in [-0.15, -0.1) is 0 Å². The largest absolute Gasteiger partial charge is 0.352 e. The Morgan fingerprint density at radius 1 is 1.09 bits per heavy atom. The van der Waals surface area contributed by atoms with E-state index < -0.39 is 0 Å². The fourth-order valence-electron chi connectivity index (χ4n) is 4.29. The summed E-state index contributed by atoms with van der Waals surface area (Å²) in [6.45, 7) is 5.37. The average molecular weight is 449 g/mol. The molecule has 1 aliphatic heterocycles. The highest BCUT2D eigenvalue weighted by atomic mass is 19.1. The van der Waals surface area contributed by atoms with Crippen molar-refractivity contribution in [1.29, 1.82) is 0 Å². The molecule has 2 aromatic carbocycles. The molecule has 2 heterocycles. The molecule has 0 radical (unpaired) electrons. The smallest absolute Gasteiger partial charge is 0.253 e. The maximum absolute atomic E-state index is 13.7. The van der Waals surface area contributed by atoms with Crippen LogP contribution in [-0.2, 0) is 11.3 Å². The van der Waals surface area contributed by atoms with Crippen LogP contribution in [0.5, 0.6) is 0 Å². The maximum Gasteiger partial charge on any atom is 0.253 e. The third-order valence-electron chi connectivity index (χ3n) is 6.34. The highest BCUT2D eigenvalue weighted by molar-refractivity contribution is 5.97. The van der Waals surface area contributed by atoms with Crippen molar-refractivity contribution < 1.29 is 14.0 Å². The van der Waals surface area contributed by atoms with Crippen molar-refractivity contribution in [2.45, 2.75) is 46.1 Å². The summed E-state index contributed by atoms with van der Waals surface area (Å²) in [5, 5.41) is 2.79. The lowest BCUT2D eigenvalue weighted by atomic mass is 9.92. The number of aryl methyl sites for hydroxylation is 2. The van der Waals surface area contributed by atoms with Gasteiger partial charge in [-0.3, -0.25) is 9.59 Å². The molecule has 3 aromatic rings. The third kappa shape index (κ3) is 5.53. The number of hydrogen-bond acceptors (Lipinski definition) is 4. The zero-order chi connectivity index (χ0) is 23.4. The van der Waals surface area contributed by atoms with E-state index in [2.05, 4.69) is 15.3 Å². The van der Waals surface area contributed by atoms with E-state index in [0.717, 1.165) is 35.3 Å². The number of hydrogen-bond donors (Lipinski definition) is 1. The van der Waals surface area contributed by atoms with Crippen molar-refractivity contribution >= 4 is 22.8 Å². The Balaban J connectivity index is 1.32. The molecule has 0 aliphatic carbocycles. The van der Waals surface area contributed by atoms with Gasteiger partial charge in [0.2, 0.25) is 5.91 Å². The van der Waals surface area contributed by atoms with Gasteiger partial charge in [0.1, 0.15) is 5.82 Å². The predicted molar refractivity (Wildman–Crippen MR) is 125 cm³/mol. The lowest BCUT2D eigenvalue weighted by molar-refractivity contribution is -0.121. The number of aromatic nitrogens is 2. The molecule has 1 saturated heterocycles. The molecule has 6 nitrogen and oxygen atoms in total. The van der Waals surface area contributed by atoms with Crippen molar-refractivity contribution in [3.05, 3.63) is 70.8 Å². The summed E-state index contributed by atoms with van der Waals surface area (Å²) >= 11 is 0. The molecule has 172 valence electrons. The second-order valence-electron chi connectivity index (χ2n) is 8.76. The van der Waals surface area contributed by atoms with Crippen molar-refractivity contribution in [2.24, 2.45) is 5.92 Å². The van der Waals surface area contributed by atoms with Crippen LogP contribution in [0, 0.1) is 25.6 Å². The van der Waals surface area contributed by atoms with Crippen molar-refractivity contribution in [3.63, 3.8) is 0 Å². The number of carbonyl (C=O) groups excluding carboxylic acids is 2. The topological polar surface area (TPSA) is 75.2 Å². The first kappa shape index (κ1) is 22.8. The van der Waals surface area contributed by atoms with Crippen LogP contribution in [0.25, 0.3) is 11.0 Å². The van der Waals surface area contributed by atoms with Gasteiger partial charge in [-0.2, -0.15) is 0 Å². The van der Waals surface area contributed by atoms with Crippen molar-refractivity contribution in [1.82, 2.24) is 20.2 Å². The Morgan fingerprint density at radius 3 is 2.64 bits per heavy atom. The van der Waals surface area contributed by atoms with Gasteiger partial charge in [0, 0.05) is 37.2 Å². The number of rotatable bonds is 6. The number of nitrogens with zero attached hydrogens (tertiary/aromatic N) is 3. The summed E-state index contributed by atoms with van der Waals surface area (Å²) in [4.78, 5) is 36.4. The minimum Gasteiger partial charge on any atom is -0.352 e. The lowest BCUT2D eigenvalue weighted by Gasteiger charge is -2.33. The Morgan fingerprint density at radius 2 is 1.85 bits per heavy atom. The number of carbonyl (C=O) groups is 2. The zero-order valence-corrected chi connectivity index (χ0v) is 19.1. The zero-order valence-electron chi connectivity index (χ0n) is 19.1. The Kier molecular flexibility index (Phi) is 6.96. The Bertz CT molecular complexity index is 1180. The summed E-state index contributed by atoms with van der Waals surface area (Å²) in [5.74, 6) is -0.151.